The normalized spacial score (nSPS) is 11.8. The van der Waals surface area contributed by atoms with Crippen LogP contribution in [0.1, 0.15) is 43.7 Å². The summed E-state index contributed by atoms with van der Waals surface area (Å²) in [7, 11) is 0. The second kappa shape index (κ2) is 10.2. The molecule has 0 aliphatic rings. The summed E-state index contributed by atoms with van der Waals surface area (Å²) in [5.41, 5.74) is 4.14. The van der Waals surface area contributed by atoms with Gasteiger partial charge in [0.05, 0.1) is 6.54 Å². The van der Waals surface area contributed by atoms with Crippen LogP contribution in [0.3, 0.4) is 0 Å². The number of nitrogens with one attached hydrogen (secondary N) is 1. The van der Waals surface area contributed by atoms with Gasteiger partial charge in [0.1, 0.15) is 5.01 Å². The molecule has 8 nitrogen and oxygen atoms in total. The first-order valence-corrected chi connectivity index (χ1v) is 11.6. The van der Waals surface area contributed by atoms with Crippen LogP contribution in [0.2, 0.25) is 0 Å². The molecule has 0 bridgehead atoms. The third-order valence-corrected chi connectivity index (χ3v) is 6.14. The number of unbranched alkanes of at least 4 members (excludes halogenated alkanes) is 1. The third-order valence-electron chi connectivity index (χ3n) is 5.05. The molecule has 32 heavy (non-hydrogen) atoms. The van der Waals surface area contributed by atoms with E-state index in [1.165, 1.54) is 11.3 Å². The molecule has 0 aliphatic heterocycles. The second-order valence-electron chi connectivity index (χ2n) is 7.39. The van der Waals surface area contributed by atoms with E-state index in [0.29, 0.717) is 23.6 Å². The predicted octanol–water partition coefficient (Wildman–Crippen LogP) is 4.02. The summed E-state index contributed by atoms with van der Waals surface area (Å²) in [4.78, 5) is 17.2. The summed E-state index contributed by atoms with van der Waals surface area (Å²) in [5.74, 6) is 0.551. The molecule has 0 unspecified atom stereocenters. The van der Waals surface area contributed by atoms with E-state index >= 15 is 0 Å². The van der Waals surface area contributed by atoms with Gasteiger partial charge in [-0.05, 0) is 40.0 Å². The van der Waals surface area contributed by atoms with Gasteiger partial charge < -0.3 is 0 Å². The van der Waals surface area contributed by atoms with E-state index in [2.05, 4.69) is 74.9 Å². The van der Waals surface area contributed by atoms with Gasteiger partial charge in [0.2, 0.25) is 10.7 Å². The molecule has 0 aliphatic carbocycles. The molecule has 0 saturated carbocycles. The van der Waals surface area contributed by atoms with Crippen LogP contribution >= 0.6 is 11.3 Å². The Morgan fingerprint density at radius 1 is 1.09 bits per heavy atom. The zero-order valence-electron chi connectivity index (χ0n) is 18.2. The van der Waals surface area contributed by atoms with Gasteiger partial charge in [0, 0.05) is 12.0 Å². The highest BCUT2D eigenvalue weighted by molar-refractivity contribution is 7.08. The number of aryl methyl sites for hydroxylation is 1. The van der Waals surface area contributed by atoms with E-state index in [-0.39, 0.29) is 5.91 Å². The molecule has 2 aromatic carbocycles. The maximum absolute atomic E-state index is 12.2. The minimum absolute atomic E-state index is 0.0826. The summed E-state index contributed by atoms with van der Waals surface area (Å²) in [6.45, 7) is 4.69. The third kappa shape index (κ3) is 5.05. The van der Waals surface area contributed by atoms with Crippen molar-refractivity contribution in [3.8, 4) is 22.5 Å². The fraction of sp³-hybridized carbons (Fsp3) is 0.304. The van der Waals surface area contributed by atoms with Crippen molar-refractivity contribution in [2.75, 3.05) is 0 Å². The fourth-order valence-corrected chi connectivity index (χ4v) is 4.20. The first kappa shape index (κ1) is 21.8. The van der Waals surface area contributed by atoms with Crippen LogP contribution in [0.4, 0.5) is 0 Å². The van der Waals surface area contributed by atoms with E-state index in [1.54, 1.807) is 0 Å². The van der Waals surface area contributed by atoms with E-state index in [9.17, 15) is 4.79 Å². The summed E-state index contributed by atoms with van der Waals surface area (Å²) in [6, 6.07) is 16.3. The minimum atomic E-state index is -0.0826. The van der Waals surface area contributed by atoms with Crippen LogP contribution in [-0.2, 0) is 17.8 Å². The lowest BCUT2D eigenvalue weighted by Gasteiger charge is -2.08. The molecular weight excluding hydrogens is 422 g/mol. The predicted molar refractivity (Wildman–Crippen MR) is 124 cm³/mol. The molecule has 0 fully saturated rings. The number of hydrogen-bond acceptors (Lipinski definition) is 6. The van der Waals surface area contributed by atoms with Crippen LogP contribution < -0.4 is 4.80 Å². The Balaban J connectivity index is 1.59. The number of carbonyl (C=O) groups excluding carboxylic acids is 1. The second-order valence-corrected chi connectivity index (χ2v) is 8.43. The van der Waals surface area contributed by atoms with E-state index in [1.807, 2.05) is 22.9 Å². The number of benzene rings is 2. The van der Waals surface area contributed by atoms with Crippen LogP contribution in [0.5, 0.6) is 0 Å². The van der Waals surface area contributed by atoms with E-state index in [0.717, 1.165) is 46.5 Å². The van der Waals surface area contributed by atoms with Gasteiger partial charge in [-0.3, -0.25) is 4.79 Å². The Kier molecular flexibility index (Phi) is 6.96. The molecule has 9 heteroatoms. The number of amides is 1. The molecule has 4 rings (SSSR count). The monoisotopic (exact) mass is 447 g/mol. The zero-order chi connectivity index (χ0) is 22.3. The number of carbonyl (C=O) groups is 1. The number of rotatable bonds is 8. The SMILES string of the molecule is CCCCC(=O)N=c1sc(CC)nn1Cc1ccc(-c2ccccc2-c2nnn[nH]2)cc1. The number of aromatic amines is 1. The Bertz CT molecular complexity index is 1240. The number of H-pyrrole nitrogens is 1. The van der Waals surface area contributed by atoms with Crippen LogP contribution in [0.25, 0.3) is 22.5 Å². The summed E-state index contributed by atoms with van der Waals surface area (Å²) in [6.07, 6.45) is 3.13. The number of aromatic nitrogens is 6. The molecule has 0 radical (unpaired) electrons. The molecule has 0 atom stereocenters. The van der Waals surface area contributed by atoms with Crippen molar-refractivity contribution in [3.05, 3.63) is 63.9 Å². The summed E-state index contributed by atoms with van der Waals surface area (Å²) in [5, 5.41) is 19.9. The Morgan fingerprint density at radius 2 is 1.88 bits per heavy atom. The maximum Gasteiger partial charge on any atom is 0.248 e. The van der Waals surface area contributed by atoms with Gasteiger partial charge in [0.15, 0.2) is 5.82 Å². The van der Waals surface area contributed by atoms with Crippen molar-refractivity contribution in [3.63, 3.8) is 0 Å². The largest absolute Gasteiger partial charge is 0.273 e. The van der Waals surface area contributed by atoms with E-state index in [4.69, 9.17) is 0 Å². The lowest BCUT2D eigenvalue weighted by molar-refractivity contribution is -0.118. The van der Waals surface area contributed by atoms with Crippen molar-refractivity contribution in [2.24, 2.45) is 4.99 Å². The van der Waals surface area contributed by atoms with Crippen LogP contribution in [-0.4, -0.2) is 36.3 Å². The molecule has 164 valence electrons. The highest BCUT2D eigenvalue weighted by Crippen LogP contribution is 2.29. The lowest BCUT2D eigenvalue weighted by Crippen LogP contribution is -2.19. The van der Waals surface area contributed by atoms with Gasteiger partial charge in [-0.1, -0.05) is 80.1 Å². The standard InChI is InChI=1S/C23H25N7OS/c1-3-5-10-20(31)24-23-30(27-21(4-2)32-23)15-16-11-13-17(14-12-16)18-8-6-7-9-19(18)22-25-28-29-26-22/h6-9,11-14H,3-5,10,15H2,1-2H3,(H,25,26,28,29). The lowest BCUT2D eigenvalue weighted by atomic mass is 9.98. The fourth-order valence-electron chi connectivity index (χ4n) is 3.35. The average Bonchev–Trinajstić information content (AvgIpc) is 3.49. The summed E-state index contributed by atoms with van der Waals surface area (Å²) >= 11 is 1.48. The molecule has 1 N–H and O–H groups in total. The van der Waals surface area contributed by atoms with Crippen molar-refractivity contribution in [2.45, 2.75) is 46.1 Å². The number of hydrogen-bond donors (Lipinski definition) is 1. The molecule has 0 spiro atoms. The number of nitrogens with zero attached hydrogens (tertiary/aromatic N) is 6. The minimum Gasteiger partial charge on any atom is -0.273 e. The van der Waals surface area contributed by atoms with Crippen LogP contribution in [0, 0.1) is 0 Å². The average molecular weight is 448 g/mol. The van der Waals surface area contributed by atoms with Crippen molar-refractivity contribution in [1.82, 2.24) is 30.4 Å². The molecular formula is C23H25N7OS. The molecule has 0 saturated heterocycles. The van der Waals surface area contributed by atoms with Gasteiger partial charge in [-0.2, -0.15) is 10.1 Å². The van der Waals surface area contributed by atoms with Gasteiger partial charge >= 0.3 is 0 Å². The quantitative estimate of drug-likeness (QED) is 0.440. The van der Waals surface area contributed by atoms with Crippen molar-refractivity contribution >= 4 is 17.2 Å². The Hall–Kier alpha value is -3.46. The Labute approximate surface area is 190 Å². The smallest absolute Gasteiger partial charge is 0.248 e. The summed E-state index contributed by atoms with van der Waals surface area (Å²) < 4.78 is 1.83. The molecule has 2 aromatic heterocycles. The topological polar surface area (TPSA) is 102 Å². The van der Waals surface area contributed by atoms with Crippen LogP contribution in [0.15, 0.2) is 53.5 Å². The highest BCUT2D eigenvalue weighted by Gasteiger charge is 2.11. The Morgan fingerprint density at radius 3 is 2.56 bits per heavy atom. The highest BCUT2D eigenvalue weighted by atomic mass is 32.1. The van der Waals surface area contributed by atoms with Gasteiger partial charge in [-0.15, -0.1) is 5.10 Å². The molecule has 2 heterocycles. The zero-order valence-corrected chi connectivity index (χ0v) is 19.0. The van der Waals surface area contributed by atoms with Gasteiger partial charge in [-0.25, -0.2) is 9.78 Å². The molecule has 1 amide bonds. The first-order valence-electron chi connectivity index (χ1n) is 10.7. The maximum atomic E-state index is 12.2. The molecule has 4 aromatic rings. The van der Waals surface area contributed by atoms with E-state index < -0.39 is 0 Å². The van der Waals surface area contributed by atoms with Crippen molar-refractivity contribution < 1.29 is 4.79 Å². The first-order chi connectivity index (χ1) is 15.7. The van der Waals surface area contributed by atoms with Crippen molar-refractivity contribution in [1.29, 1.82) is 0 Å². The van der Waals surface area contributed by atoms with Gasteiger partial charge in [0.25, 0.3) is 0 Å². The number of tetrazole rings is 1.